The summed E-state index contributed by atoms with van der Waals surface area (Å²) in [5.41, 5.74) is 1.64. The van der Waals surface area contributed by atoms with Crippen LogP contribution in [0, 0.1) is 5.92 Å². The van der Waals surface area contributed by atoms with E-state index >= 15 is 0 Å². The Morgan fingerprint density at radius 3 is 2.33 bits per heavy atom. The molecule has 0 radical (unpaired) electrons. The van der Waals surface area contributed by atoms with Crippen molar-refractivity contribution in [2.75, 3.05) is 26.1 Å². The lowest BCUT2D eigenvalue weighted by Gasteiger charge is -2.25. The molecule has 0 saturated carbocycles. The summed E-state index contributed by atoms with van der Waals surface area (Å²) in [7, 11) is 3.11. The van der Waals surface area contributed by atoms with Crippen LogP contribution in [0.15, 0.2) is 48.5 Å². The van der Waals surface area contributed by atoms with Gasteiger partial charge in [-0.05, 0) is 12.5 Å². The topological polar surface area (TPSA) is 67.9 Å². The Morgan fingerprint density at radius 2 is 1.74 bits per heavy atom. The van der Waals surface area contributed by atoms with Gasteiger partial charge in [-0.25, -0.2) is 0 Å². The molecule has 2 aromatic rings. The minimum absolute atomic E-state index is 0.00488. The van der Waals surface area contributed by atoms with Crippen LogP contribution in [-0.4, -0.2) is 37.5 Å². The second-order valence-electron chi connectivity index (χ2n) is 6.62. The molecule has 142 valence electrons. The van der Waals surface area contributed by atoms with E-state index in [1.807, 2.05) is 37.3 Å². The molecule has 27 heavy (non-hydrogen) atoms. The Balaban J connectivity index is 1.69. The van der Waals surface area contributed by atoms with Gasteiger partial charge in [-0.15, -0.1) is 0 Å². The van der Waals surface area contributed by atoms with Crippen molar-refractivity contribution in [2.24, 2.45) is 5.92 Å². The molecule has 1 heterocycles. The molecule has 0 bridgehead atoms. The van der Waals surface area contributed by atoms with E-state index in [0.29, 0.717) is 23.7 Å². The minimum atomic E-state index is -0.388. The van der Waals surface area contributed by atoms with Crippen molar-refractivity contribution in [3.8, 4) is 11.5 Å². The van der Waals surface area contributed by atoms with Crippen LogP contribution < -0.4 is 14.8 Å². The van der Waals surface area contributed by atoms with Crippen molar-refractivity contribution in [3.05, 3.63) is 54.1 Å². The zero-order valence-corrected chi connectivity index (χ0v) is 15.8. The first-order valence-electron chi connectivity index (χ1n) is 8.90. The zero-order valence-electron chi connectivity index (χ0n) is 15.8. The molecule has 3 rings (SSSR count). The summed E-state index contributed by atoms with van der Waals surface area (Å²) in [6.45, 7) is 2.39. The molecule has 2 amide bonds. The van der Waals surface area contributed by atoms with Crippen molar-refractivity contribution in [1.82, 2.24) is 4.90 Å². The highest BCUT2D eigenvalue weighted by Gasteiger charge is 2.37. The first-order chi connectivity index (χ1) is 13.0. The Hall–Kier alpha value is -3.02. The second-order valence-corrected chi connectivity index (χ2v) is 6.62. The molecule has 0 spiro atoms. The van der Waals surface area contributed by atoms with Crippen LogP contribution >= 0.6 is 0 Å². The maximum Gasteiger partial charge on any atom is 0.229 e. The lowest BCUT2D eigenvalue weighted by atomic mass is 10.1. The SMILES string of the molecule is COc1cc(NC(=O)C2CC(=O)N(C(C)c3ccccc3)C2)cc(OC)c1. The number of carbonyl (C=O) groups excluding carboxylic acids is 2. The summed E-state index contributed by atoms with van der Waals surface area (Å²) >= 11 is 0. The zero-order chi connectivity index (χ0) is 19.4. The number of hydrogen-bond acceptors (Lipinski definition) is 4. The van der Waals surface area contributed by atoms with E-state index in [2.05, 4.69) is 5.32 Å². The average Bonchev–Trinajstić information content (AvgIpc) is 3.09. The molecule has 2 unspecified atom stereocenters. The van der Waals surface area contributed by atoms with Crippen molar-refractivity contribution in [3.63, 3.8) is 0 Å². The molecule has 2 atom stereocenters. The maximum absolute atomic E-state index is 12.7. The van der Waals surface area contributed by atoms with Gasteiger partial charge in [-0.2, -0.15) is 0 Å². The van der Waals surface area contributed by atoms with E-state index < -0.39 is 0 Å². The number of methoxy groups -OCH3 is 2. The number of rotatable bonds is 6. The van der Waals surface area contributed by atoms with Crippen molar-refractivity contribution >= 4 is 17.5 Å². The maximum atomic E-state index is 12.7. The third-order valence-corrected chi connectivity index (χ3v) is 4.90. The lowest BCUT2D eigenvalue weighted by molar-refractivity contribution is -0.129. The Morgan fingerprint density at radius 1 is 1.11 bits per heavy atom. The molecule has 1 saturated heterocycles. The first-order valence-corrected chi connectivity index (χ1v) is 8.90. The standard InChI is InChI=1S/C21H24N2O4/c1-14(15-7-5-4-6-8-15)23-13-16(9-20(23)24)21(25)22-17-10-18(26-2)12-19(11-17)27-3/h4-8,10-12,14,16H,9,13H2,1-3H3,(H,22,25). The van der Waals surface area contributed by atoms with Crippen LogP contribution in [0.25, 0.3) is 0 Å². The Kier molecular flexibility index (Phi) is 5.64. The molecular weight excluding hydrogens is 344 g/mol. The highest BCUT2D eigenvalue weighted by Crippen LogP contribution is 2.30. The molecule has 1 aliphatic heterocycles. The van der Waals surface area contributed by atoms with Gasteiger partial charge in [0.15, 0.2) is 0 Å². The van der Waals surface area contributed by atoms with Gasteiger partial charge in [0, 0.05) is 36.9 Å². The number of amides is 2. The summed E-state index contributed by atoms with van der Waals surface area (Å²) < 4.78 is 10.5. The molecule has 6 heteroatoms. The number of hydrogen-bond donors (Lipinski definition) is 1. The summed E-state index contributed by atoms with van der Waals surface area (Å²) in [5, 5.41) is 2.88. The van der Waals surface area contributed by atoms with E-state index in [1.165, 1.54) is 0 Å². The third-order valence-electron chi connectivity index (χ3n) is 4.90. The first kappa shape index (κ1) is 18.8. The van der Waals surface area contributed by atoms with E-state index in [1.54, 1.807) is 37.3 Å². The van der Waals surface area contributed by atoms with Crippen LogP contribution in [-0.2, 0) is 9.59 Å². The van der Waals surface area contributed by atoms with Crippen molar-refractivity contribution in [1.29, 1.82) is 0 Å². The number of nitrogens with one attached hydrogen (secondary N) is 1. The summed E-state index contributed by atoms with van der Waals surface area (Å²) in [5.74, 6) is 0.606. The number of nitrogens with zero attached hydrogens (tertiary/aromatic N) is 1. The van der Waals surface area contributed by atoms with E-state index in [4.69, 9.17) is 9.47 Å². The number of benzene rings is 2. The van der Waals surface area contributed by atoms with Gasteiger partial charge >= 0.3 is 0 Å². The second kappa shape index (κ2) is 8.12. The highest BCUT2D eigenvalue weighted by molar-refractivity contribution is 5.97. The summed E-state index contributed by atoms with van der Waals surface area (Å²) in [6.07, 6.45) is 0.212. The van der Waals surface area contributed by atoms with Crippen molar-refractivity contribution in [2.45, 2.75) is 19.4 Å². The molecule has 0 aromatic heterocycles. The van der Waals surface area contributed by atoms with Crippen LogP contribution in [0.1, 0.15) is 24.9 Å². The number of ether oxygens (including phenoxy) is 2. The number of likely N-dealkylation sites (tertiary alicyclic amines) is 1. The Labute approximate surface area is 159 Å². The molecule has 0 aliphatic carbocycles. The summed E-state index contributed by atoms with van der Waals surface area (Å²) in [4.78, 5) is 26.9. The van der Waals surface area contributed by atoms with Gasteiger partial charge in [0.25, 0.3) is 0 Å². The van der Waals surface area contributed by atoms with Gasteiger partial charge < -0.3 is 19.7 Å². The fourth-order valence-electron chi connectivity index (χ4n) is 3.32. The predicted octanol–water partition coefficient (Wildman–Crippen LogP) is 3.25. The predicted molar refractivity (Wildman–Crippen MR) is 103 cm³/mol. The summed E-state index contributed by atoms with van der Waals surface area (Å²) in [6, 6.07) is 15.0. The minimum Gasteiger partial charge on any atom is -0.497 e. The molecular formula is C21H24N2O4. The van der Waals surface area contributed by atoms with Crippen LogP contribution in [0.2, 0.25) is 0 Å². The van der Waals surface area contributed by atoms with Gasteiger partial charge in [-0.1, -0.05) is 30.3 Å². The fourth-order valence-corrected chi connectivity index (χ4v) is 3.32. The molecule has 6 nitrogen and oxygen atoms in total. The van der Waals surface area contributed by atoms with Gasteiger partial charge in [0.05, 0.1) is 26.2 Å². The Bertz CT molecular complexity index is 800. The average molecular weight is 368 g/mol. The van der Waals surface area contributed by atoms with E-state index in [0.717, 1.165) is 5.56 Å². The molecule has 1 aliphatic rings. The number of carbonyl (C=O) groups is 2. The van der Waals surface area contributed by atoms with Crippen molar-refractivity contribution < 1.29 is 19.1 Å². The quantitative estimate of drug-likeness (QED) is 0.850. The van der Waals surface area contributed by atoms with Gasteiger partial charge in [-0.3, -0.25) is 9.59 Å². The molecule has 1 N–H and O–H groups in total. The highest BCUT2D eigenvalue weighted by atomic mass is 16.5. The normalized spacial score (nSPS) is 17.5. The molecule has 1 fully saturated rings. The monoisotopic (exact) mass is 368 g/mol. The van der Waals surface area contributed by atoms with Gasteiger partial charge in [0.1, 0.15) is 11.5 Å². The van der Waals surface area contributed by atoms with E-state index in [9.17, 15) is 9.59 Å². The lowest BCUT2D eigenvalue weighted by Crippen LogP contribution is -2.30. The van der Waals surface area contributed by atoms with Crippen LogP contribution in [0.4, 0.5) is 5.69 Å². The number of anilines is 1. The van der Waals surface area contributed by atoms with Crippen LogP contribution in [0.5, 0.6) is 11.5 Å². The van der Waals surface area contributed by atoms with Crippen LogP contribution in [0.3, 0.4) is 0 Å². The smallest absolute Gasteiger partial charge is 0.229 e. The molecule has 2 aromatic carbocycles. The van der Waals surface area contributed by atoms with E-state index in [-0.39, 0.29) is 30.2 Å². The third kappa shape index (κ3) is 4.22. The largest absolute Gasteiger partial charge is 0.497 e. The fraction of sp³-hybridized carbons (Fsp3) is 0.333. The van der Waals surface area contributed by atoms with Gasteiger partial charge in [0.2, 0.25) is 11.8 Å².